The van der Waals surface area contributed by atoms with Crippen LogP contribution in [0, 0.1) is 0 Å². The van der Waals surface area contributed by atoms with E-state index < -0.39 is 0 Å². The van der Waals surface area contributed by atoms with E-state index in [0.717, 1.165) is 25.1 Å². The van der Waals surface area contributed by atoms with Gasteiger partial charge in [0, 0.05) is 0 Å². The molecule has 0 radical (unpaired) electrons. The second-order valence-electron chi connectivity index (χ2n) is 3.78. The fourth-order valence-electron chi connectivity index (χ4n) is 1.66. The van der Waals surface area contributed by atoms with Gasteiger partial charge in [0.1, 0.15) is 5.75 Å². The van der Waals surface area contributed by atoms with Crippen molar-refractivity contribution in [2.45, 2.75) is 13.0 Å². The molecule has 0 aliphatic carbocycles. The van der Waals surface area contributed by atoms with Crippen LogP contribution in [0.4, 0.5) is 0 Å². The first-order valence-electron chi connectivity index (χ1n) is 5.53. The van der Waals surface area contributed by atoms with Gasteiger partial charge in [-0.25, -0.2) is 0 Å². The van der Waals surface area contributed by atoms with E-state index in [4.69, 9.17) is 10.5 Å². The summed E-state index contributed by atoms with van der Waals surface area (Å²) in [4.78, 5) is 0. The summed E-state index contributed by atoms with van der Waals surface area (Å²) in [5.74, 6) is 0.847. The molecule has 96 valence electrons. The largest absolute Gasteiger partial charge is 0.493 e. The van der Waals surface area contributed by atoms with Crippen LogP contribution >= 0.6 is 43.2 Å². The SMILES string of the molecule is CCOc1ccc(C(N)c2csc(Br)c2)cc1Br. The molecule has 1 aromatic heterocycles. The Bertz CT molecular complexity index is 542. The Morgan fingerprint density at radius 3 is 2.61 bits per heavy atom. The maximum absolute atomic E-state index is 6.25. The quantitative estimate of drug-likeness (QED) is 0.819. The van der Waals surface area contributed by atoms with E-state index in [1.807, 2.05) is 25.1 Å². The van der Waals surface area contributed by atoms with Gasteiger partial charge in [0.25, 0.3) is 0 Å². The molecule has 2 rings (SSSR count). The number of benzene rings is 1. The Morgan fingerprint density at radius 2 is 2.06 bits per heavy atom. The van der Waals surface area contributed by atoms with Crippen molar-refractivity contribution in [1.82, 2.24) is 0 Å². The maximum atomic E-state index is 6.25. The van der Waals surface area contributed by atoms with Crippen LogP contribution in [0.5, 0.6) is 5.75 Å². The van der Waals surface area contributed by atoms with E-state index in [1.54, 1.807) is 11.3 Å². The molecule has 2 aromatic rings. The lowest BCUT2D eigenvalue weighted by Crippen LogP contribution is -2.10. The van der Waals surface area contributed by atoms with Crippen LogP contribution in [0.25, 0.3) is 0 Å². The number of hydrogen-bond acceptors (Lipinski definition) is 3. The lowest BCUT2D eigenvalue weighted by atomic mass is 10.0. The van der Waals surface area contributed by atoms with Gasteiger partial charge in [-0.2, -0.15) is 0 Å². The highest BCUT2D eigenvalue weighted by Crippen LogP contribution is 2.32. The molecule has 0 amide bonds. The first-order valence-corrected chi connectivity index (χ1v) is 8.00. The van der Waals surface area contributed by atoms with Crippen molar-refractivity contribution < 1.29 is 4.74 Å². The Hall–Kier alpha value is -0.360. The number of thiophene rings is 1. The van der Waals surface area contributed by atoms with Crippen molar-refractivity contribution in [3.8, 4) is 5.75 Å². The van der Waals surface area contributed by atoms with Gasteiger partial charge in [0.2, 0.25) is 0 Å². The number of halogens is 2. The van der Waals surface area contributed by atoms with Gasteiger partial charge in [-0.3, -0.25) is 0 Å². The van der Waals surface area contributed by atoms with E-state index >= 15 is 0 Å². The zero-order valence-electron chi connectivity index (χ0n) is 9.82. The van der Waals surface area contributed by atoms with Gasteiger partial charge in [-0.15, -0.1) is 11.3 Å². The fraction of sp³-hybridized carbons (Fsp3) is 0.231. The van der Waals surface area contributed by atoms with Gasteiger partial charge >= 0.3 is 0 Å². The minimum Gasteiger partial charge on any atom is -0.493 e. The summed E-state index contributed by atoms with van der Waals surface area (Å²) in [7, 11) is 0. The molecular formula is C13H13Br2NOS. The molecule has 0 bridgehead atoms. The van der Waals surface area contributed by atoms with Crippen molar-refractivity contribution >= 4 is 43.2 Å². The summed E-state index contributed by atoms with van der Waals surface area (Å²) in [6, 6.07) is 7.91. The van der Waals surface area contributed by atoms with Gasteiger partial charge in [0.15, 0.2) is 0 Å². The predicted octanol–water partition coefficient (Wildman–Crippen LogP) is 4.72. The van der Waals surface area contributed by atoms with Crippen LogP contribution in [-0.2, 0) is 0 Å². The molecule has 5 heteroatoms. The van der Waals surface area contributed by atoms with Crippen LogP contribution in [0.15, 0.2) is 37.9 Å². The molecule has 1 unspecified atom stereocenters. The lowest BCUT2D eigenvalue weighted by molar-refractivity contribution is 0.338. The summed E-state index contributed by atoms with van der Waals surface area (Å²) >= 11 is 8.60. The third kappa shape index (κ3) is 3.15. The van der Waals surface area contributed by atoms with Crippen LogP contribution in [-0.4, -0.2) is 6.61 Å². The van der Waals surface area contributed by atoms with Gasteiger partial charge < -0.3 is 10.5 Å². The average molecular weight is 391 g/mol. The van der Waals surface area contributed by atoms with Gasteiger partial charge in [0.05, 0.1) is 20.9 Å². The Labute approximate surface area is 127 Å². The molecule has 2 nitrogen and oxygen atoms in total. The highest BCUT2D eigenvalue weighted by Gasteiger charge is 2.12. The lowest BCUT2D eigenvalue weighted by Gasteiger charge is -2.13. The second kappa shape index (κ2) is 6.19. The number of hydrogen-bond donors (Lipinski definition) is 1. The fourth-order valence-corrected chi connectivity index (χ4v) is 3.39. The highest BCUT2D eigenvalue weighted by atomic mass is 79.9. The predicted molar refractivity (Wildman–Crippen MR) is 83.4 cm³/mol. The topological polar surface area (TPSA) is 35.2 Å². The molecule has 0 saturated heterocycles. The molecule has 2 N–H and O–H groups in total. The minimum absolute atomic E-state index is 0.112. The Morgan fingerprint density at radius 1 is 1.28 bits per heavy atom. The Balaban J connectivity index is 2.26. The normalized spacial score (nSPS) is 12.4. The monoisotopic (exact) mass is 389 g/mol. The minimum atomic E-state index is -0.112. The highest BCUT2D eigenvalue weighted by molar-refractivity contribution is 9.11. The third-order valence-electron chi connectivity index (χ3n) is 2.56. The zero-order chi connectivity index (χ0) is 13.1. The molecule has 0 saturated carbocycles. The van der Waals surface area contributed by atoms with E-state index in [9.17, 15) is 0 Å². The third-order valence-corrected chi connectivity index (χ3v) is 4.70. The second-order valence-corrected chi connectivity index (χ2v) is 6.93. The number of ether oxygens (including phenoxy) is 1. The molecule has 0 fully saturated rings. The first kappa shape index (κ1) is 14.1. The van der Waals surface area contributed by atoms with E-state index in [1.165, 1.54) is 0 Å². The molecule has 1 atom stereocenters. The standard InChI is InChI=1S/C13H13Br2NOS/c1-2-17-11-4-3-8(5-10(11)14)13(16)9-6-12(15)18-7-9/h3-7,13H,2,16H2,1H3. The van der Waals surface area contributed by atoms with Crippen LogP contribution < -0.4 is 10.5 Å². The van der Waals surface area contributed by atoms with Crippen molar-refractivity contribution in [2.75, 3.05) is 6.61 Å². The van der Waals surface area contributed by atoms with Crippen molar-refractivity contribution in [1.29, 1.82) is 0 Å². The molecule has 0 aliphatic heterocycles. The molecule has 0 spiro atoms. The van der Waals surface area contributed by atoms with E-state index in [0.29, 0.717) is 6.61 Å². The van der Waals surface area contributed by atoms with Gasteiger partial charge in [-0.1, -0.05) is 6.07 Å². The summed E-state index contributed by atoms with van der Waals surface area (Å²) < 4.78 is 7.52. The van der Waals surface area contributed by atoms with E-state index in [-0.39, 0.29) is 6.04 Å². The molecule has 1 aromatic carbocycles. The van der Waals surface area contributed by atoms with Crippen molar-refractivity contribution in [2.24, 2.45) is 5.73 Å². The maximum Gasteiger partial charge on any atom is 0.133 e. The summed E-state index contributed by atoms with van der Waals surface area (Å²) in [6.45, 7) is 2.62. The zero-order valence-corrected chi connectivity index (χ0v) is 13.8. The van der Waals surface area contributed by atoms with Crippen molar-refractivity contribution in [3.63, 3.8) is 0 Å². The van der Waals surface area contributed by atoms with Crippen LogP contribution in [0.2, 0.25) is 0 Å². The van der Waals surface area contributed by atoms with Crippen LogP contribution in [0.3, 0.4) is 0 Å². The van der Waals surface area contributed by atoms with Gasteiger partial charge in [-0.05, 0) is 73.5 Å². The smallest absolute Gasteiger partial charge is 0.133 e. The average Bonchev–Trinajstić information content (AvgIpc) is 2.78. The first-order chi connectivity index (χ1) is 8.61. The summed E-state index contributed by atoms with van der Waals surface area (Å²) in [5, 5.41) is 2.07. The number of nitrogens with two attached hydrogens (primary N) is 1. The number of rotatable bonds is 4. The molecule has 1 heterocycles. The Kier molecular flexibility index (Phi) is 4.84. The molecule has 0 aliphatic rings. The van der Waals surface area contributed by atoms with E-state index in [2.05, 4.69) is 43.3 Å². The summed E-state index contributed by atoms with van der Waals surface area (Å²) in [5.41, 5.74) is 8.43. The van der Waals surface area contributed by atoms with Crippen LogP contribution in [0.1, 0.15) is 24.1 Å². The molecular weight excluding hydrogens is 378 g/mol. The van der Waals surface area contributed by atoms with Crippen molar-refractivity contribution in [3.05, 3.63) is 49.0 Å². The summed E-state index contributed by atoms with van der Waals surface area (Å²) in [6.07, 6.45) is 0. The molecule has 18 heavy (non-hydrogen) atoms.